The zero-order chi connectivity index (χ0) is 15.1. The maximum Gasteiger partial charge on any atom is 0.252 e. The quantitative estimate of drug-likeness (QED) is 0.631. The normalized spacial score (nSPS) is 10.8. The minimum absolute atomic E-state index is 0.213. The summed E-state index contributed by atoms with van der Waals surface area (Å²) in [5.41, 5.74) is 4.01. The van der Waals surface area contributed by atoms with Gasteiger partial charge < -0.3 is 4.74 Å². The first kappa shape index (κ1) is 14.8. The summed E-state index contributed by atoms with van der Waals surface area (Å²) < 4.78 is 5.55. The molecule has 2 rings (SSSR count). The summed E-state index contributed by atoms with van der Waals surface area (Å²) in [6, 6.07) is 9.03. The van der Waals surface area contributed by atoms with Crippen molar-refractivity contribution in [3.8, 4) is 5.75 Å². The molecule has 1 aromatic carbocycles. The first-order valence-electron chi connectivity index (χ1n) is 6.77. The highest BCUT2D eigenvalue weighted by Crippen LogP contribution is 2.12. The molecule has 0 fully saturated rings. The fourth-order valence-electron chi connectivity index (χ4n) is 1.70. The number of anilines is 1. The van der Waals surface area contributed by atoms with Gasteiger partial charge in [0.15, 0.2) is 0 Å². The Bertz CT molecular complexity index is 679. The van der Waals surface area contributed by atoms with Gasteiger partial charge in [0.2, 0.25) is 5.95 Å². The van der Waals surface area contributed by atoms with Crippen LogP contribution in [0.3, 0.4) is 0 Å². The third kappa shape index (κ3) is 4.76. The van der Waals surface area contributed by atoms with E-state index in [-0.39, 0.29) is 5.56 Å². The fourth-order valence-corrected chi connectivity index (χ4v) is 1.70. The third-order valence-electron chi connectivity index (χ3n) is 2.58. The van der Waals surface area contributed by atoms with Gasteiger partial charge in [-0.15, -0.1) is 0 Å². The van der Waals surface area contributed by atoms with Crippen molar-refractivity contribution in [1.29, 1.82) is 0 Å². The molecule has 21 heavy (non-hydrogen) atoms. The van der Waals surface area contributed by atoms with Gasteiger partial charge in [0.05, 0.1) is 12.8 Å². The van der Waals surface area contributed by atoms with Crippen LogP contribution in [-0.4, -0.2) is 22.8 Å². The van der Waals surface area contributed by atoms with Crippen molar-refractivity contribution < 1.29 is 4.74 Å². The Morgan fingerprint density at radius 3 is 3.05 bits per heavy atom. The van der Waals surface area contributed by atoms with Gasteiger partial charge in [-0.2, -0.15) is 5.10 Å². The SMILES string of the molecule is CCCOc1cccc(/C=N/Nc2nc(C)cc(=O)[nH]2)c1. The second-order valence-electron chi connectivity index (χ2n) is 4.53. The van der Waals surface area contributed by atoms with Crippen LogP contribution < -0.4 is 15.7 Å². The molecular weight excluding hydrogens is 268 g/mol. The van der Waals surface area contributed by atoms with E-state index in [0.29, 0.717) is 18.2 Å². The smallest absolute Gasteiger partial charge is 0.252 e. The van der Waals surface area contributed by atoms with Crippen LogP contribution >= 0.6 is 0 Å². The first-order chi connectivity index (χ1) is 10.2. The van der Waals surface area contributed by atoms with E-state index in [1.165, 1.54) is 6.07 Å². The summed E-state index contributed by atoms with van der Waals surface area (Å²) in [5, 5.41) is 4.05. The number of hydrazone groups is 1. The number of rotatable bonds is 6. The van der Waals surface area contributed by atoms with Crippen molar-refractivity contribution >= 4 is 12.2 Å². The summed E-state index contributed by atoms with van der Waals surface area (Å²) >= 11 is 0. The van der Waals surface area contributed by atoms with Crippen molar-refractivity contribution in [2.24, 2.45) is 5.10 Å². The Balaban J connectivity index is 2.02. The zero-order valence-corrected chi connectivity index (χ0v) is 12.1. The molecule has 1 heterocycles. The van der Waals surface area contributed by atoms with E-state index in [0.717, 1.165) is 17.7 Å². The maximum atomic E-state index is 11.3. The summed E-state index contributed by atoms with van der Waals surface area (Å²) in [5.74, 6) is 1.12. The Hall–Kier alpha value is -2.63. The summed E-state index contributed by atoms with van der Waals surface area (Å²) in [7, 11) is 0. The van der Waals surface area contributed by atoms with E-state index in [9.17, 15) is 4.79 Å². The Morgan fingerprint density at radius 2 is 2.29 bits per heavy atom. The van der Waals surface area contributed by atoms with Crippen molar-refractivity contribution in [2.75, 3.05) is 12.0 Å². The van der Waals surface area contributed by atoms with Crippen LogP contribution in [0, 0.1) is 6.92 Å². The lowest BCUT2D eigenvalue weighted by Gasteiger charge is -2.04. The second-order valence-corrected chi connectivity index (χ2v) is 4.53. The van der Waals surface area contributed by atoms with Gasteiger partial charge in [-0.3, -0.25) is 9.78 Å². The number of benzene rings is 1. The number of H-pyrrole nitrogens is 1. The number of ether oxygens (including phenoxy) is 1. The van der Waals surface area contributed by atoms with Crippen LogP contribution in [0.1, 0.15) is 24.6 Å². The second kappa shape index (κ2) is 7.23. The monoisotopic (exact) mass is 286 g/mol. The van der Waals surface area contributed by atoms with Gasteiger partial charge in [0.1, 0.15) is 5.75 Å². The van der Waals surface area contributed by atoms with Crippen LogP contribution in [0.5, 0.6) is 5.75 Å². The average molecular weight is 286 g/mol. The van der Waals surface area contributed by atoms with Crippen molar-refractivity contribution in [3.63, 3.8) is 0 Å². The molecule has 0 amide bonds. The molecule has 0 radical (unpaired) electrons. The number of hydrogen-bond acceptors (Lipinski definition) is 5. The molecule has 0 aliphatic rings. The molecule has 0 atom stereocenters. The maximum absolute atomic E-state index is 11.3. The lowest BCUT2D eigenvalue weighted by atomic mass is 10.2. The molecule has 2 N–H and O–H groups in total. The van der Waals surface area contributed by atoms with E-state index in [2.05, 4.69) is 27.4 Å². The van der Waals surface area contributed by atoms with Gasteiger partial charge in [-0.1, -0.05) is 19.1 Å². The third-order valence-corrected chi connectivity index (χ3v) is 2.58. The molecule has 0 aliphatic carbocycles. The highest BCUT2D eigenvalue weighted by molar-refractivity contribution is 5.80. The minimum atomic E-state index is -0.213. The molecule has 1 aromatic heterocycles. The highest BCUT2D eigenvalue weighted by Gasteiger charge is 1.96. The predicted molar refractivity (Wildman–Crippen MR) is 83.0 cm³/mol. The minimum Gasteiger partial charge on any atom is -0.494 e. The summed E-state index contributed by atoms with van der Waals surface area (Å²) in [4.78, 5) is 18.0. The molecule has 110 valence electrons. The van der Waals surface area contributed by atoms with Gasteiger partial charge in [-0.05, 0) is 31.0 Å². The predicted octanol–water partition coefficient (Wildman–Crippen LogP) is 2.31. The lowest BCUT2D eigenvalue weighted by molar-refractivity contribution is 0.317. The molecule has 0 bridgehead atoms. The van der Waals surface area contributed by atoms with Gasteiger partial charge in [-0.25, -0.2) is 10.4 Å². The summed E-state index contributed by atoms with van der Waals surface area (Å²) in [6.45, 7) is 4.50. The molecule has 0 saturated heterocycles. The van der Waals surface area contributed by atoms with Crippen LogP contribution in [0.15, 0.2) is 40.2 Å². The molecule has 0 aliphatic heterocycles. The van der Waals surface area contributed by atoms with E-state index in [1.807, 2.05) is 24.3 Å². The molecule has 6 nitrogen and oxygen atoms in total. The molecular formula is C15H18N4O2. The van der Waals surface area contributed by atoms with Crippen LogP contribution in [0.25, 0.3) is 0 Å². The standard InChI is InChI=1S/C15H18N4O2/c1-3-7-21-13-6-4-5-12(9-13)10-16-19-15-17-11(2)8-14(20)18-15/h4-6,8-10H,3,7H2,1-2H3,(H2,17,18,19,20)/b16-10+. The highest BCUT2D eigenvalue weighted by atomic mass is 16.5. The zero-order valence-electron chi connectivity index (χ0n) is 12.1. The van der Waals surface area contributed by atoms with Crippen LogP contribution in [0.4, 0.5) is 5.95 Å². The van der Waals surface area contributed by atoms with Gasteiger partial charge >= 0.3 is 0 Å². The van der Waals surface area contributed by atoms with E-state index >= 15 is 0 Å². The van der Waals surface area contributed by atoms with Crippen molar-refractivity contribution in [3.05, 3.63) is 51.9 Å². The molecule has 0 unspecified atom stereocenters. The Kier molecular flexibility index (Phi) is 5.09. The Labute approximate surface area is 122 Å². The number of aromatic nitrogens is 2. The number of aromatic amines is 1. The van der Waals surface area contributed by atoms with Gasteiger partial charge in [0, 0.05) is 11.8 Å². The molecule has 0 saturated carbocycles. The fraction of sp³-hybridized carbons (Fsp3) is 0.267. The largest absolute Gasteiger partial charge is 0.494 e. The van der Waals surface area contributed by atoms with Crippen molar-refractivity contribution in [2.45, 2.75) is 20.3 Å². The van der Waals surface area contributed by atoms with Crippen LogP contribution in [0.2, 0.25) is 0 Å². The van der Waals surface area contributed by atoms with Crippen molar-refractivity contribution in [1.82, 2.24) is 9.97 Å². The molecule has 2 aromatic rings. The average Bonchev–Trinajstić information content (AvgIpc) is 2.44. The number of aryl methyl sites for hydroxylation is 1. The van der Waals surface area contributed by atoms with E-state index in [4.69, 9.17) is 4.74 Å². The molecule has 0 spiro atoms. The number of nitrogens with one attached hydrogen (secondary N) is 2. The number of nitrogens with zero attached hydrogens (tertiary/aromatic N) is 2. The van der Waals surface area contributed by atoms with E-state index < -0.39 is 0 Å². The van der Waals surface area contributed by atoms with E-state index in [1.54, 1.807) is 13.1 Å². The first-order valence-corrected chi connectivity index (χ1v) is 6.77. The number of hydrogen-bond donors (Lipinski definition) is 2. The van der Waals surface area contributed by atoms with Gasteiger partial charge in [0.25, 0.3) is 5.56 Å². The topological polar surface area (TPSA) is 79.4 Å². The molecule has 6 heteroatoms. The lowest BCUT2D eigenvalue weighted by Crippen LogP contribution is -2.10. The Morgan fingerprint density at radius 1 is 1.43 bits per heavy atom. The van der Waals surface area contributed by atoms with Crippen LogP contribution in [-0.2, 0) is 0 Å². The summed E-state index contributed by atoms with van der Waals surface area (Å²) in [6.07, 6.45) is 2.60.